The fourth-order valence-corrected chi connectivity index (χ4v) is 3.69. The lowest BCUT2D eigenvalue weighted by Gasteiger charge is -2.30. The average molecular weight is 441 g/mol. The minimum absolute atomic E-state index is 0.102. The molecule has 0 fully saturated rings. The van der Waals surface area contributed by atoms with Gasteiger partial charge in [-0.3, -0.25) is 9.11 Å². The van der Waals surface area contributed by atoms with Crippen molar-refractivity contribution in [2.45, 2.75) is 27.3 Å². The number of carbonyl (C=O) groups excluding carboxylic acids is 1. The molecule has 3 rings (SSSR count). The molecule has 2 amide bonds. The van der Waals surface area contributed by atoms with Gasteiger partial charge in [0.2, 0.25) is 11.8 Å². The Bertz CT molecular complexity index is 1050. The van der Waals surface area contributed by atoms with E-state index in [0.29, 0.717) is 37.2 Å². The van der Waals surface area contributed by atoms with E-state index in [9.17, 15) is 9.00 Å². The Morgan fingerprint density at radius 1 is 1.10 bits per heavy atom. The van der Waals surface area contributed by atoms with Gasteiger partial charge in [0, 0.05) is 54.1 Å². The highest BCUT2D eigenvalue weighted by Gasteiger charge is 2.22. The monoisotopic (exact) mass is 440 g/mol. The van der Waals surface area contributed by atoms with E-state index in [-0.39, 0.29) is 6.03 Å². The van der Waals surface area contributed by atoms with Crippen LogP contribution in [0.1, 0.15) is 23.9 Å². The molecule has 0 bridgehead atoms. The summed E-state index contributed by atoms with van der Waals surface area (Å²) in [6.45, 7) is 7.11. The molecule has 0 saturated carbocycles. The van der Waals surface area contributed by atoms with Gasteiger partial charge in [-0.05, 0) is 49.2 Å². The summed E-state index contributed by atoms with van der Waals surface area (Å²) in [6.07, 6.45) is 1.66. The molecule has 1 aromatic heterocycles. The largest absolute Gasteiger partial charge is 0.421 e. The number of aromatic nitrogens is 2. The minimum atomic E-state index is -0.955. The molecule has 1 atom stereocenters. The maximum absolute atomic E-state index is 13.4. The Hall–Kier alpha value is -3.00. The van der Waals surface area contributed by atoms with Gasteiger partial charge in [0.05, 0.1) is 6.54 Å². The highest BCUT2D eigenvalue weighted by molar-refractivity contribution is 7.84. The van der Waals surface area contributed by atoms with Gasteiger partial charge in [-0.1, -0.05) is 24.3 Å². The first kappa shape index (κ1) is 22.7. The molecule has 0 aliphatic rings. The van der Waals surface area contributed by atoms with Crippen LogP contribution in [0.3, 0.4) is 0 Å². The van der Waals surface area contributed by atoms with Crippen LogP contribution in [0.15, 0.2) is 52.9 Å². The molecule has 0 aliphatic heterocycles. The smallest absolute Gasteiger partial charge is 0.324 e. The van der Waals surface area contributed by atoms with Crippen molar-refractivity contribution in [3.05, 3.63) is 65.5 Å². The normalized spacial score (nSPS) is 11.9. The lowest BCUT2D eigenvalue weighted by molar-refractivity contribution is 0.210. The summed E-state index contributed by atoms with van der Waals surface area (Å²) in [5.74, 6) is 1.45. The molecule has 31 heavy (non-hydrogen) atoms. The van der Waals surface area contributed by atoms with Crippen LogP contribution in [0.4, 0.5) is 10.5 Å². The van der Waals surface area contributed by atoms with Crippen LogP contribution in [0.2, 0.25) is 0 Å². The van der Waals surface area contributed by atoms with Crippen LogP contribution in [0.25, 0.3) is 11.5 Å². The predicted octanol–water partition coefficient (Wildman–Crippen LogP) is 4.18. The molecule has 0 aliphatic carbocycles. The Morgan fingerprint density at radius 2 is 1.84 bits per heavy atom. The summed E-state index contributed by atoms with van der Waals surface area (Å²) < 4.78 is 17.0. The summed E-state index contributed by atoms with van der Waals surface area (Å²) in [5, 5.41) is 7.92. The molecule has 8 heteroatoms. The van der Waals surface area contributed by atoms with Crippen LogP contribution < -0.4 is 4.90 Å². The minimum Gasteiger partial charge on any atom is -0.421 e. The Labute approximate surface area is 185 Å². The van der Waals surface area contributed by atoms with E-state index in [2.05, 4.69) is 10.2 Å². The molecule has 0 spiro atoms. The molecule has 2 aromatic carbocycles. The molecule has 0 saturated heterocycles. The first-order valence-electron chi connectivity index (χ1n) is 10.2. The van der Waals surface area contributed by atoms with Crippen molar-refractivity contribution >= 4 is 22.5 Å². The third-order valence-electron chi connectivity index (χ3n) is 4.91. The zero-order chi connectivity index (χ0) is 22.4. The van der Waals surface area contributed by atoms with Crippen LogP contribution in [0.5, 0.6) is 0 Å². The highest BCUT2D eigenvalue weighted by Crippen LogP contribution is 2.23. The molecule has 1 unspecified atom stereocenters. The molecule has 164 valence electrons. The lowest BCUT2D eigenvalue weighted by Crippen LogP contribution is -2.44. The van der Waals surface area contributed by atoms with Gasteiger partial charge < -0.3 is 9.32 Å². The van der Waals surface area contributed by atoms with Crippen molar-refractivity contribution < 1.29 is 13.4 Å². The second kappa shape index (κ2) is 10.3. The van der Waals surface area contributed by atoms with Crippen molar-refractivity contribution in [2.75, 3.05) is 30.0 Å². The summed E-state index contributed by atoms with van der Waals surface area (Å²) >= 11 is 0. The van der Waals surface area contributed by atoms with Gasteiger partial charge in [0.15, 0.2) is 0 Å². The second-order valence-electron chi connectivity index (χ2n) is 7.39. The molecule has 7 nitrogen and oxygen atoms in total. The number of hydrogen-bond donors (Lipinski definition) is 0. The average Bonchev–Trinajstić information content (AvgIpc) is 3.19. The number of anilines is 1. The maximum Gasteiger partial charge on any atom is 0.324 e. The Morgan fingerprint density at radius 3 is 2.42 bits per heavy atom. The molecule has 0 radical (unpaired) electrons. The van der Waals surface area contributed by atoms with Crippen molar-refractivity contribution in [3.63, 3.8) is 0 Å². The van der Waals surface area contributed by atoms with E-state index in [4.69, 9.17) is 4.42 Å². The Kier molecular flexibility index (Phi) is 7.57. The van der Waals surface area contributed by atoms with Crippen molar-refractivity contribution in [1.29, 1.82) is 0 Å². The lowest BCUT2D eigenvalue weighted by atomic mass is 10.1. The summed E-state index contributed by atoms with van der Waals surface area (Å²) in [4.78, 5) is 16.9. The molecule has 1 heterocycles. The van der Waals surface area contributed by atoms with E-state index in [1.165, 1.54) is 0 Å². The number of amides is 2. The number of nitrogens with zero attached hydrogens (tertiary/aromatic N) is 4. The highest BCUT2D eigenvalue weighted by atomic mass is 32.2. The number of rotatable bonds is 8. The zero-order valence-electron chi connectivity index (χ0n) is 18.4. The summed E-state index contributed by atoms with van der Waals surface area (Å²) in [6, 6.07) is 15.5. The zero-order valence-corrected chi connectivity index (χ0v) is 19.2. The van der Waals surface area contributed by atoms with Gasteiger partial charge in [-0.25, -0.2) is 4.79 Å². The van der Waals surface area contributed by atoms with Crippen molar-refractivity contribution in [2.24, 2.45) is 0 Å². The molecular weight excluding hydrogens is 412 g/mol. The second-order valence-corrected chi connectivity index (χ2v) is 8.94. The fourth-order valence-electron chi connectivity index (χ4n) is 3.21. The SMILES string of the molecule is CCN(CCS(C)=O)C(=O)N(Cc1ccc(-c2nnc(C)o2)cc1)c1cccc(C)c1. The number of benzene rings is 2. The Balaban J connectivity index is 1.86. The third kappa shape index (κ3) is 6.01. The maximum atomic E-state index is 13.4. The van der Waals surface area contributed by atoms with Gasteiger partial charge in [0.1, 0.15) is 0 Å². The van der Waals surface area contributed by atoms with Crippen LogP contribution in [-0.2, 0) is 17.3 Å². The standard InChI is InChI=1S/C23H28N4O3S/c1-5-26(13-14-31(4)29)23(28)27(21-8-6-7-17(2)15-21)16-19-9-11-20(12-10-19)22-25-24-18(3)30-22/h6-12,15H,5,13-14,16H2,1-4H3. The van der Waals surface area contributed by atoms with E-state index in [0.717, 1.165) is 22.4 Å². The van der Waals surface area contributed by atoms with Crippen LogP contribution >= 0.6 is 0 Å². The van der Waals surface area contributed by atoms with Gasteiger partial charge >= 0.3 is 6.03 Å². The fraction of sp³-hybridized carbons (Fsp3) is 0.348. The van der Waals surface area contributed by atoms with Gasteiger partial charge in [-0.2, -0.15) is 0 Å². The molecule has 0 N–H and O–H groups in total. The van der Waals surface area contributed by atoms with Gasteiger partial charge in [0.25, 0.3) is 0 Å². The van der Waals surface area contributed by atoms with Crippen molar-refractivity contribution in [3.8, 4) is 11.5 Å². The van der Waals surface area contributed by atoms with Gasteiger partial charge in [-0.15, -0.1) is 10.2 Å². The van der Waals surface area contributed by atoms with E-state index in [1.807, 2.05) is 62.4 Å². The number of hydrogen-bond acceptors (Lipinski definition) is 5. The number of carbonyl (C=O) groups is 1. The third-order valence-corrected chi connectivity index (χ3v) is 5.67. The van der Waals surface area contributed by atoms with E-state index in [1.54, 1.807) is 23.0 Å². The van der Waals surface area contributed by atoms with E-state index >= 15 is 0 Å². The number of aryl methyl sites for hydroxylation is 2. The predicted molar refractivity (Wildman–Crippen MR) is 123 cm³/mol. The van der Waals surface area contributed by atoms with Crippen LogP contribution in [-0.4, -0.2) is 50.4 Å². The number of urea groups is 1. The first-order valence-corrected chi connectivity index (χ1v) is 11.9. The first-order chi connectivity index (χ1) is 14.9. The molecule has 3 aromatic rings. The van der Waals surface area contributed by atoms with Crippen molar-refractivity contribution in [1.82, 2.24) is 15.1 Å². The summed E-state index contributed by atoms with van der Waals surface area (Å²) in [7, 11) is -0.955. The topological polar surface area (TPSA) is 79.5 Å². The summed E-state index contributed by atoms with van der Waals surface area (Å²) in [5.41, 5.74) is 3.72. The molecular formula is C23H28N4O3S. The van der Waals surface area contributed by atoms with E-state index < -0.39 is 10.8 Å². The van der Waals surface area contributed by atoms with Crippen LogP contribution in [0, 0.1) is 13.8 Å². The quantitative estimate of drug-likeness (QED) is 0.525.